The molecule has 0 spiro atoms. The van der Waals surface area contributed by atoms with Crippen molar-refractivity contribution in [2.75, 3.05) is 13.2 Å². The topological polar surface area (TPSA) is 9.23 Å². The van der Waals surface area contributed by atoms with Gasteiger partial charge in [-0.3, -0.25) is 0 Å². The minimum Gasteiger partial charge on any atom is -0.381 e. The maximum absolute atomic E-state index is 5.84. The Kier molecular flexibility index (Phi) is 5.65. The SMILES string of the molecule is CCCC1(CCC)c2ccccc2CCC1COCC. The van der Waals surface area contributed by atoms with Crippen LogP contribution in [0.5, 0.6) is 0 Å². The largest absolute Gasteiger partial charge is 0.381 e. The van der Waals surface area contributed by atoms with E-state index in [9.17, 15) is 0 Å². The molecule has 20 heavy (non-hydrogen) atoms. The first-order valence-corrected chi connectivity index (χ1v) is 8.44. The smallest absolute Gasteiger partial charge is 0.0502 e. The van der Waals surface area contributed by atoms with E-state index in [-0.39, 0.29) is 0 Å². The summed E-state index contributed by atoms with van der Waals surface area (Å²) in [6.45, 7) is 8.54. The molecular weight excluding hydrogens is 244 g/mol. The van der Waals surface area contributed by atoms with Crippen LogP contribution in [-0.4, -0.2) is 13.2 Å². The molecule has 1 aromatic carbocycles. The number of benzene rings is 1. The van der Waals surface area contributed by atoms with Gasteiger partial charge in [0.2, 0.25) is 0 Å². The number of fused-ring (bicyclic) bond motifs is 1. The summed E-state index contributed by atoms with van der Waals surface area (Å²) in [5.74, 6) is 0.692. The van der Waals surface area contributed by atoms with Gasteiger partial charge in [0.25, 0.3) is 0 Å². The zero-order valence-corrected chi connectivity index (χ0v) is 13.5. The van der Waals surface area contributed by atoms with Crippen LogP contribution in [0.3, 0.4) is 0 Å². The summed E-state index contributed by atoms with van der Waals surface area (Å²) in [6, 6.07) is 9.15. The highest BCUT2D eigenvalue weighted by Gasteiger charge is 2.42. The highest BCUT2D eigenvalue weighted by molar-refractivity contribution is 5.38. The Morgan fingerprint density at radius 2 is 1.80 bits per heavy atom. The van der Waals surface area contributed by atoms with Gasteiger partial charge in [0.1, 0.15) is 0 Å². The molecule has 1 nitrogen and oxygen atoms in total. The molecule has 1 unspecified atom stereocenters. The molecular formula is C19H30O. The highest BCUT2D eigenvalue weighted by Crippen LogP contribution is 2.48. The van der Waals surface area contributed by atoms with Crippen molar-refractivity contribution in [1.82, 2.24) is 0 Å². The van der Waals surface area contributed by atoms with Gasteiger partial charge < -0.3 is 4.74 Å². The first kappa shape index (κ1) is 15.6. The number of hydrogen-bond donors (Lipinski definition) is 0. The second kappa shape index (κ2) is 7.26. The lowest BCUT2D eigenvalue weighted by molar-refractivity contribution is 0.0547. The van der Waals surface area contributed by atoms with Gasteiger partial charge in [-0.15, -0.1) is 0 Å². The summed E-state index contributed by atoms with van der Waals surface area (Å²) in [6.07, 6.45) is 7.64. The summed E-state index contributed by atoms with van der Waals surface area (Å²) >= 11 is 0. The van der Waals surface area contributed by atoms with Crippen molar-refractivity contribution in [3.8, 4) is 0 Å². The predicted octanol–water partition coefficient (Wildman–Crippen LogP) is 5.12. The summed E-state index contributed by atoms with van der Waals surface area (Å²) in [4.78, 5) is 0. The number of hydrogen-bond acceptors (Lipinski definition) is 1. The fourth-order valence-corrected chi connectivity index (χ4v) is 4.25. The summed E-state index contributed by atoms with van der Waals surface area (Å²) in [7, 11) is 0. The summed E-state index contributed by atoms with van der Waals surface area (Å²) < 4.78 is 5.84. The second-order valence-corrected chi connectivity index (χ2v) is 6.21. The first-order chi connectivity index (χ1) is 9.78. The van der Waals surface area contributed by atoms with E-state index < -0.39 is 0 Å². The molecule has 0 radical (unpaired) electrons. The van der Waals surface area contributed by atoms with Crippen LogP contribution in [0.15, 0.2) is 24.3 Å². The third-order valence-electron chi connectivity index (χ3n) is 5.01. The van der Waals surface area contributed by atoms with Gasteiger partial charge in [0.05, 0.1) is 6.61 Å². The quantitative estimate of drug-likeness (QED) is 0.670. The van der Waals surface area contributed by atoms with Crippen LogP contribution in [-0.2, 0) is 16.6 Å². The molecule has 1 aliphatic carbocycles. The molecule has 0 heterocycles. The zero-order valence-electron chi connectivity index (χ0n) is 13.5. The van der Waals surface area contributed by atoms with Crippen molar-refractivity contribution >= 4 is 0 Å². The normalized spacial score (nSPS) is 20.6. The lowest BCUT2D eigenvalue weighted by atomic mass is 9.59. The van der Waals surface area contributed by atoms with Gasteiger partial charge in [-0.25, -0.2) is 0 Å². The molecule has 2 rings (SSSR count). The molecule has 0 bridgehead atoms. The molecule has 1 heteroatoms. The van der Waals surface area contributed by atoms with Gasteiger partial charge in [-0.05, 0) is 49.7 Å². The predicted molar refractivity (Wildman–Crippen MR) is 86.2 cm³/mol. The fraction of sp³-hybridized carbons (Fsp3) is 0.684. The highest BCUT2D eigenvalue weighted by atomic mass is 16.5. The van der Waals surface area contributed by atoms with Gasteiger partial charge >= 0.3 is 0 Å². The van der Waals surface area contributed by atoms with Gasteiger partial charge in [0, 0.05) is 12.0 Å². The van der Waals surface area contributed by atoms with E-state index in [1.54, 1.807) is 11.1 Å². The van der Waals surface area contributed by atoms with Crippen LogP contribution in [0.1, 0.15) is 64.0 Å². The molecule has 0 aliphatic heterocycles. The van der Waals surface area contributed by atoms with Crippen molar-refractivity contribution in [3.63, 3.8) is 0 Å². The molecule has 1 aromatic rings. The summed E-state index contributed by atoms with van der Waals surface area (Å²) in [5.41, 5.74) is 3.56. The van der Waals surface area contributed by atoms with Crippen molar-refractivity contribution in [3.05, 3.63) is 35.4 Å². The average Bonchev–Trinajstić information content (AvgIpc) is 2.47. The molecule has 1 atom stereocenters. The molecule has 0 saturated heterocycles. The van der Waals surface area contributed by atoms with E-state index in [1.165, 1.54) is 38.5 Å². The van der Waals surface area contributed by atoms with Crippen LogP contribution in [0.4, 0.5) is 0 Å². The van der Waals surface area contributed by atoms with E-state index in [0.717, 1.165) is 13.2 Å². The van der Waals surface area contributed by atoms with Gasteiger partial charge in [-0.1, -0.05) is 51.0 Å². The number of aryl methyl sites for hydroxylation is 1. The Labute approximate surface area is 124 Å². The monoisotopic (exact) mass is 274 g/mol. The van der Waals surface area contributed by atoms with Crippen molar-refractivity contribution < 1.29 is 4.74 Å². The molecule has 0 saturated carbocycles. The van der Waals surface area contributed by atoms with E-state index in [1.807, 2.05) is 0 Å². The standard InChI is InChI=1S/C19H30O/c1-4-13-19(14-5-2)17(15-20-6-3)12-11-16-9-7-8-10-18(16)19/h7-10,17H,4-6,11-15H2,1-3H3. The minimum absolute atomic E-state index is 0.355. The van der Waals surface area contributed by atoms with Crippen LogP contribution < -0.4 is 0 Å². The van der Waals surface area contributed by atoms with E-state index in [4.69, 9.17) is 4.74 Å². The maximum Gasteiger partial charge on any atom is 0.0502 e. The lowest BCUT2D eigenvalue weighted by Crippen LogP contribution is -2.42. The first-order valence-electron chi connectivity index (χ1n) is 8.44. The molecule has 0 aromatic heterocycles. The Morgan fingerprint density at radius 1 is 1.10 bits per heavy atom. The second-order valence-electron chi connectivity index (χ2n) is 6.21. The van der Waals surface area contributed by atoms with Crippen molar-refractivity contribution in [1.29, 1.82) is 0 Å². The zero-order chi connectivity index (χ0) is 14.4. The number of ether oxygens (including phenoxy) is 1. The Balaban J connectivity index is 2.39. The lowest BCUT2D eigenvalue weighted by Gasteiger charge is -2.46. The Hall–Kier alpha value is -0.820. The third-order valence-corrected chi connectivity index (χ3v) is 5.01. The average molecular weight is 274 g/mol. The molecule has 0 N–H and O–H groups in total. The van der Waals surface area contributed by atoms with Crippen LogP contribution in [0.2, 0.25) is 0 Å². The van der Waals surface area contributed by atoms with Gasteiger partial charge in [0.15, 0.2) is 0 Å². The maximum atomic E-state index is 5.84. The Morgan fingerprint density at radius 3 is 2.45 bits per heavy atom. The van der Waals surface area contributed by atoms with Crippen LogP contribution in [0, 0.1) is 5.92 Å². The van der Waals surface area contributed by atoms with Crippen LogP contribution in [0.25, 0.3) is 0 Å². The fourth-order valence-electron chi connectivity index (χ4n) is 4.25. The van der Waals surface area contributed by atoms with Crippen molar-refractivity contribution in [2.24, 2.45) is 5.92 Å². The number of rotatable bonds is 7. The van der Waals surface area contributed by atoms with E-state index in [2.05, 4.69) is 45.0 Å². The van der Waals surface area contributed by atoms with Gasteiger partial charge in [-0.2, -0.15) is 0 Å². The molecule has 1 aliphatic rings. The summed E-state index contributed by atoms with van der Waals surface area (Å²) in [5, 5.41) is 0. The molecule has 112 valence electrons. The van der Waals surface area contributed by atoms with Crippen molar-refractivity contribution in [2.45, 2.75) is 64.7 Å². The van der Waals surface area contributed by atoms with E-state index >= 15 is 0 Å². The Bertz CT molecular complexity index is 404. The van der Waals surface area contributed by atoms with E-state index in [0.29, 0.717) is 11.3 Å². The molecule has 0 amide bonds. The van der Waals surface area contributed by atoms with Crippen LogP contribution >= 0.6 is 0 Å². The molecule has 0 fully saturated rings. The third kappa shape index (κ3) is 2.93. The minimum atomic E-state index is 0.355.